The second-order valence-corrected chi connectivity index (χ2v) is 3.87. The Morgan fingerprint density at radius 1 is 1.40 bits per heavy atom. The number of hydrogen-bond acceptors (Lipinski definition) is 2. The summed E-state index contributed by atoms with van der Waals surface area (Å²) in [5, 5.41) is 18.1. The van der Waals surface area contributed by atoms with E-state index in [9.17, 15) is 9.90 Å². The molecule has 3 heteroatoms. The number of benzene rings is 1. The summed E-state index contributed by atoms with van der Waals surface area (Å²) in [4.78, 5) is 10.4. The molecule has 0 bridgehead atoms. The lowest BCUT2D eigenvalue weighted by Crippen LogP contribution is -2.04. The summed E-state index contributed by atoms with van der Waals surface area (Å²) in [7, 11) is 0. The lowest BCUT2D eigenvalue weighted by molar-refractivity contribution is -0.137. The summed E-state index contributed by atoms with van der Waals surface area (Å²) in [5.74, 6) is -0.201. The van der Waals surface area contributed by atoms with Gasteiger partial charge in [-0.1, -0.05) is 25.1 Å². The lowest BCUT2D eigenvalue weighted by atomic mass is 9.96. The molecule has 0 saturated carbocycles. The Balaban J connectivity index is 2.47. The monoisotopic (exact) mass is 208 g/mol. The van der Waals surface area contributed by atoms with Gasteiger partial charge in [0.25, 0.3) is 0 Å². The molecule has 0 aromatic heterocycles. The molecular weight excluding hydrogens is 192 g/mol. The van der Waals surface area contributed by atoms with Gasteiger partial charge in [0.1, 0.15) is 5.75 Å². The molecule has 2 N–H and O–H groups in total. The molecule has 0 heterocycles. The van der Waals surface area contributed by atoms with Crippen LogP contribution in [0.3, 0.4) is 0 Å². The van der Waals surface area contributed by atoms with Crippen molar-refractivity contribution in [3.05, 3.63) is 29.8 Å². The number of carboxylic acids is 1. The zero-order chi connectivity index (χ0) is 11.3. The van der Waals surface area contributed by atoms with E-state index in [0.29, 0.717) is 12.2 Å². The second kappa shape index (κ2) is 5.39. The number of para-hydroxylation sites is 1. The van der Waals surface area contributed by atoms with Gasteiger partial charge >= 0.3 is 5.97 Å². The third-order valence-electron chi connectivity index (χ3n) is 2.41. The van der Waals surface area contributed by atoms with Gasteiger partial charge in [-0.2, -0.15) is 0 Å². The first kappa shape index (κ1) is 11.6. The van der Waals surface area contributed by atoms with E-state index in [0.717, 1.165) is 12.0 Å². The van der Waals surface area contributed by atoms with Crippen LogP contribution in [0.5, 0.6) is 5.75 Å². The minimum atomic E-state index is -0.765. The maximum Gasteiger partial charge on any atom is 0.303 e. The van der Waals surface area contributed by atoms with E-state index in [1.54, 1.807) is 12.1 Å². The molecule has 1 atom stereocenters. The third-order valence-corrected chi connectivity index (χ3v) is 2.41. The van der Waals surface area contributed by atoms with Gasteiger partial charge in [-0.15, -0.1) is 0 Å². The van der Waals surface area contributed by atoms with Gasteiger partial charge in [0.15, 0.2) is 0 Å². The van der Waals surface area contributed by atoms with E-state index >= 15 is 0 Å². The van der Waals surface area contributed by atoms with Crippen LogP contribution >= 0.6 is 0 Å². The van der Waals surface area contributed by atoms with Gasteiger partial charge in [0, 0.05) is 6.42 Å². The first-order valence-corrected chi connectivity index (χ1v) is 5.08. The van der Waals surface area contributed by atoms with Crippen LogP contribution in [-0.2, 0) is 11.2 Å². The van der Waals surface area contributed by atoms with E-state index < -0.39 is 5.97 Å². The largest absolute Gasteiger partial charge is 0.508 e. The molecule has 1 aromatic carbocycles. The Hall–Kier alpha value is -1.51. The molecule has 0 saturated heterocycles. The van der Waals surface area contributed by atoms with Crippen LogP contribution < -0.4 is 0 Å². The number of aliphatic carboxylic acids is 1. The highest BCUT2D eigenvalue weighted by molar-refractivity contribution is 5.66. The minimum Gasteiger partial charge on any atom is -0.508 e. The zero-order valence-corrected chi connectivity index (χ0v) is 8.81. The van der Waals surface area contributed by atoms with Crippen LogP contribution in [0.2, 0.25) is 0 Å². The van der Waals surface area contributed by atoms with Gasteiger partial charge in [-0.3, -0.25) is 4.79 Å². The Kier molecular flexibility index (Phi) is 4.16. The Morgan fingerprint density at radius 3 is 2.67 bits per heavy atom. The molecule has 0 spiro atoms. The molecule has 1 rings (SSSR count). The number of phenolic OH excluding ortho intramolecular Hbond substituents is 1. The molecule has 0 amide bonds. The molecule has 1 unspecified atom stereocenters. The molecule has 0 radical (unpaired) electrons. The van der Waals surface area contributed by atoms with Gasteiger partial charge in [-0.05, 0) is 30.4 Å². The Bertz CT molecular complexity index is 333. The van der Waals surface area contributed by atoms with Crippen LogP contribution in [0.1, 0.15) is 25.3 Å². The number of phenols is 1. The predicted molar refractivity (Wildman–Crippen MR) is 57.8 cm³/mol. The van der Waals surface area contributed by atoms with Crippen molar-refractivity contribution < 1.29 is 15.0 Å². The van der Waals surface area contributed by atoms with E-state index in [1.165, 1.54) is 0 Å². The Morgan fingerprint density at radius 2 is 2.07 bits per heavy atom. The topological polar surface area (TPSA) is 57.5 Å². The maximum absolute atomic E-state index is 10.4. The van der Waals surface area contributed by atoms with Gasteiger partial charge < -0.3 is 10.2 Å². The third kappa shape index (κ3) is 4.02. The fourth-order valence-electron chi connectivity index (χ4n) is 1.53. The van der Waals surface area contributed by atoms with Crippen molar-refractivity contribution in [2.75, 3.05) is 0 Å². The molecule has 0 aliphatic heterocycles. The highest BCUT2D eigenvalue weighted by Gasteiger charge is 2.08. The van der Waals surface area contributed by atoms with Crippen LogP contribution in [0, 0.1) is 5.92 Å². The summed E-state index contributed by atoms with van der Waals surface area (Å²) in [6.45, 7) is 2.00. The van der Waals surface area contributed by atoms with Crippen molar-refractivity contribution >= 4 is 5.97 Å². The van der Waals surface area contributed by atoms with Crippen LogP contribution in [-0.4, -0.2) is 16.2 Å². The second-order valence-electron chi connectivity index (χ2n) is 3.87. The lowest BCUT2D eigenvalue weighted by Gasteiger charge is -2.10. The molecule has 3 nitrogen and oxygen atoms in total. The van der Waals surface area contributed by atoms with Gasteiger partial charge in [-0.25, -0.2) is 0 Å². The number of hydrogen-bond donors (Lipinski definition) is 2. The van der Waals surface area contributed by atoms with Crippen LogP contribution in [0.4, 0.5) is 0 Å². The number of carboxylic acid groups (broad SMARTS) is 1. The van der Waals surface area contributed by atoms with Crippen LogP contribution in [0.25, 0.3) is 0 Å². The average molecular weight is 208 g/mol. The van der Waals surface area contributed by atoms with Crippen molar-refractivity contribution in [1.29, 1.82) is 0 Å². The fourth-order valence-corrected chi connectivity index (χ4v) is 1.53. The van der Waals surface area contributed by atoms with Crippen molar-refractivity contribution in [3.8, 4) is 5.75 Å². The maximum atomic E-state index is 10.4. The molecule has 0 fully saturated rings. The average Bonchev–Trinajstić information content (AvgIpc) is 2.18. The molecule has 15 heavy (non-hydrogen) atoms. The molecular formula is C12H16O3. The van der Waals surface area contributed by atoms with E-state index in [-0.39, 0.29) is 12.3 Å². The van der Waals surface area contributed by atoms with Crippen molar-refractivity contribution in [1.82, 2.24) is 0 Å². The quantitative estimate of drug-likeness (QED) is 0.781. The summed E-state index contributed by atoms with van der Waals surface area (Å²) in [5.41, 5.74) is 0.885. The SMILES string of the molecule is CC(CCC(=O)O)Cc1ccccc1O. The first-order chi connectivity index (χ1) is 7.09. The van der Waals surface area contributed by atoms with E-state index in [2.05, 4.69) is 0 Å². The zero-order valence-electron chi connectivity index (χ0n) is 8.81. The standard InChI is InChI=1S/C12H16O3/c1-9(6-7-12(14)15)8-10-4-2-3-5-11(10)13/h2-5,9,13H,6-8H2,1H3,(H,14,15). The number of carbonyl (C=O) groups is 1. The first-order valence-electron chi connectivity index (χ1n) is 5.08. The summed E-state index contributed by atoms with van der Waals surface area (Å²) >= 11 is 0. The van der Waals surface area contributed by atoms with Gasteiger partial charge in [0.2, 0.25) is 0 Å². The summed E-state index contributed by atoms with van der Waals surface area (Å²) in [6, 6.07) is 7.17. The van der Waals surface area contributed by atoms with Crippen molar-refractivity contribution in [2.45, 2.75) is 26.2 Å². The van der Waals surface area contributed by atoms with Crippen molar-refractivity contribution in [3.63, 3.8) is 0 Å². The molecule has 0 aliphatic carbocycles. The minimum absolute atomic E-state index is 0.189. The van der Waals surface area contributed by atoms with Gasteiger partial charge in [0.05, 0.1) is 0 Å². The van der Waals surface area contributed by atoms with Crippen molar-refractivity contribution in [2.24, 2.45) is 5.92 Å². The Labute approximate surface area is 89.4 Å². The summed E-state index contributed by atoms with van der Waals surface area (Å²) < 4.78 is 0. The molecule has 0 aliphatic rings. The number of aromatic hydroxyl groups is 1. The summed E-state index contributed by atoms with van der Waals surface area (Å²) in [6.07, 6.45) is 1.55. The van der Waals surface area contributed by atoms with Crippen LogP contribution in [0.15, 0.2) is 24.3 Å². The highest BCUT2D eigenvalue weighted by atomic mass is 16.4. The molecule has 82 valence electrons. The van der Waals surface area contributed by atoms with E-state index in [4.69, 9.17) is 5.11 Å². The molecule has 1 aromatic rings. The normalized spacial score (nSPS) is 12.3. The van der Waals surface area contributed by atoms with E-state index in [1.807, 2.05) is 19.1 Å². The smallest absolute Gasteiger partial charge is 0.303 e. The fraction of sp³-hybridized carbons (Fsp3) is 0.417. The highest BCUT2D eigenvalue weighted by Crippen LogP contribution is 2.21. The predicted octanol–water partition coefficient (Wildman–Crippen LogP) is 2.44. The number of rotatable bonds is 5.